The van der Waals surface area contributed by atoms with E-state index in [0.29, 0.717) is 41.0 Å². The van der Waals surface area contributed by atoms with Gasteiger partial charge in [-0.05, 0) is 49.2 Å². The van der Waals surface area contributed by atoms with E-state index in [2.05, 4.69) is 20.8 Å². The molecule has 0 radical (unpaired) electrons. The van der Waals surface area contributed by atoms with Crippen molar-refractivity contribution in [3.8, 4) is 11.5 Å². The molecule has 3 aromatic rings. The Labute approximate surface area is 199 Å². The largest absolute Gasteiger partial charge is 0.493 e. The van der Waals surface area contributed by atoms with Crippen LogP contribution < -0.4 is 20.1 Å². The molecule has 1 unspecified atom stereocenters. The van der Waals surface area contributed by atoms with E-state index >= 15 is 0 Å². The third-order valence-electron chi connectivity index (χ3n) is 5.43. The fourth-order valence-electron chi connectivity index (χ4n) is 3.69. The van der Waals surface area contributed by atoms with Crippen molar-refractivity contribution in [2.75, 3.05) is 37.9 Å². The van der Waals surface area contributed by atoms with E-state index < -0.39 is 5.91 Å². The standard InChI is InChI=1S/C23H24FN5O4S/c1-32-18-10-9-17(12-19(18)33-2)26-23(31)29-11-3-4-14(13-29)21-27-28-22(34-21)20(30)25-16-7-5-15(24)6-8-16/h5-10,12,14H,3-4,11,13H2,1-2H3,(H,25,30)(H,26,31). The van der Waals surface area contributed by atoms with Crippen molar-refractivity contribution in [1.82, 2.24) is 15.1 Å². The van der Waals surface area contributed by atoms with Gasteiger partial charge in [0, 0.05) is 36.4 Å². The highest BCUT2D eigenvalue weighted by atomic mass is 32.1. The van der Waals surface area contributed by atoms with Gasteiger partial charge in [0.1, 0.15) is 10.8 Å². The summed E-state index contributed by atoms with van der Waals surface area (Å²) in [5, 5.41) is 14.7. The number of piperidine rings is 1. The van der Waals surface area contributed by atoms with Crippen molar-refractivity contribution in [3.63, 3.8) is 0 Å². The number of anilines is 2. The number of nitrogens with zero attached hydrogens (tertiary/aromatic N) is 3. The van der Waals surface area contributed by atoms with Gasteiger partial charge in [0.05, 0.1) is 14.2 Å². The zero-order chi connectivity index (χ0) is 24.1. The van der Waals surface area contributed by atoms with E-state index in [4.69, 9.17) is 9.47 Å². The quantitative estimate of drug-likeness (QED) is 0.538. The summed E-state index contributed by atoms with van der Waals surface area (Å²) in [6.07, 6.45) is 1.65. The Balaban J connectivity index is 1.38. The highest BCUT2D eigenvalue weighted by Crippen LogP contribution is 2.32. The average Bonchev–Trinajstić information content (AvgIpc) is 3.36. The SMILES string of the molecule is COc1ccc(NC(=O)N2CCCC(c3nnc(C(=O)Nc4ccc(F)cc4)s3)C2)cc1OC. The predicted octanol–water partition coefficient (Wildman–Crippen LogP) is 4.36. The number of nitrogens with one attached hydrogen (secondary N) is 2. The monoisotopic (exact) mass is 485 g/mol. The minimum Gasteiger partial charge on any atom is -0.493 e. The number of methoxy groups -OCH3 is 2. The summed E-state index contributed by atoms with van der Waals surface area (Å²) < 4.78 is 23.6. The molecule has 2 heterocycles. The van der Waals surface area contributed by atoms with Crippen molar-refractivity contribution in [2.45, 2.75) is 18.8 Å². The molecule has 2 N–H and O–H groups in total. The number of hydrogen-bond acceptors (Lipinski definition) is 7. The van der Waals surface area contributed by atoms with Gasteiger partial charge in [-0.2, -0.15) is 0 Å². The van der Waals surface area contributed by atoms with Crippen LogP contribution in [0.3, 0.4) is 0 Å². The zero-order valence-electron chi connectivity index (χ0n) is 18.7. The van der Waals surface area contributed by atoms with Crippen molar-refractivity contribution >= 4 is 34.6 Å². The molecule has 1 aliphatic heterocycles. The number of carbonyl (C=O) groups is 2. The summed E-state index contributed by atoms with van der Waals surface area (Å²) in [6.45, 7) is 1.08. The Morgan fingerprint density at radius 1 is 1.03 bits per heavy atom. The highest BCUT2D eigenvalue weighted by Gasteiger charge is 2.28. The van der Waals surface area contributed by atoms with Gasteiger partial charge in [-0.15, -0.1) is 10.2 Å². The summed E-state index contributed by atoms with van der Waals surface area (Å²) in [7, 11) is 3.09. The summed E-state index contributed by atoms with van der Waals surface area (Å²) in [5.41, 5.74) is 1.07. The van der Waals surface area contributed by atoms with Gasteiger partial charge in [-0.1, -0.05) is 11.3 Å². The molecule has 0 spiro atoms. The first kappa shape index (κ1) is 23.4. The summed E-state index contributed by atoms with van der Waals surface area (Å²) in [6, 6.07) is 10.4. The van der Waals surface area contributed by atoms with Crippen LogP contribution >= 0.6 is 11.3 Å². The Kier molecular flexibility index (Phi) is 7.21. The van der Waals surface area contributed by atoms with Crippen LogP contribution in [0.2, 0.25) is 0 Å². The molecule has 2 aromatic carbocycles. The second-order valence-corrected chi connectivity index (χ2v) is 8.70. The Morgan fingerprint density at radius 2 is 1.76 bits per heavy atom. The Morgan fingerprint density at radius 3 is 2.50 bits per heavy atom. The van der Waals surface area contributed by atoms with E-state index in [-0.39, 0.29) is 22.8 Å². The molecule has 1 aliphatic rings. The number of benzene rings is 2. The van der Waals surface area contributed by atoms with Crippen molar-refractivity contribution in [3.05, 3.63) is 58.3 Å². The van der Waals surface area contributed by atoms with Gasteiger partial charge < -0.3 is 25.0 Å². The van der Waals surface area contributed by atoms with Crippen LogP contribution in [0, 0.1) is 5.82 Å². The van der Waals surface area contributed by atoms with E-state index in [1.54, 1.807) is 30.2 Å². The highest BCUT2D eigenvalue weighted by molar-refractivity contribution is 7.13. The molecule has 1 fully saturated rings. The second-order valence-electron chi connectivity index (χ2n) is 7.69. The van der Waals surface area contributed by atoms with Crippen molar-refractivity contribution < 1.29 is 23.5 Å². The maximum atomic E-state index is 13.1. The van der Waals surface area contributed by atoms with Crippen molar-refractivity contribution in [2.24, 2.45) is 0 Å². The Hall–Kier alpha value is -3.73. The van der Waals surface area contributed by atoms with Crippen LogP contribution in [-0.4, -0.2) is 54.3 Å². The molecule has 3 amide bonds. The minimum absolute atomic E-state index is 0.0187. The van der Waals surface area contributed by atoms with Crippen LogP contribution in [0.1, 0.15) is 33.6 Å². The number of rotatable bonds is 6. The van der Waals surface area contributed by atoms with Gasteiger partial charge >= 0.3 is 6.03 Å². The molecular formula is C23H24FN5O4S. The van der Waals surface area contributed by atoms with E-state index in [1.807, 2.05) is 0 Å². The van der Waals surface area contributed by atoms with E-state index in [1.165, 1.54) is 42.7 Å². The number of hydrogen-bond donors (Lipinski definition) is 2. The number of aromatic nitrogens is 2. The first-order chi connectivity index (χ1) is 16.5. The van der Waals surface area contributed by atoms with Gasteiger partial charge in [0.15, 0.2) is 11.5 Å². The normalized spacial score (nSPS) is 15.5. The smallest absolute Gasteiger partial charge is 0.321 e. The molecule has 4 rings (SSSR count). The summed E-state index contributed by atoms with van der Waals surface area (Å²) in [5.74, 6) is 0.295. The third kappa shape index (κ3) is 5.42. The van der Waals surface area contributed by atoms with Crippen LogP contribution in [0.15, 0.2) is 42.5 Å². The second kappa shape index (κ2) is 10.5. The van der Waals surface area contributed by atoms with Crippen LogP contribution in [0.25, 0.3) is 0 Å². The van der Waals surface area contributed by atoms with Gasteiger partial charge in [0.2, 0.25) is 5.01 Å². The van der Waals surface area contributed by atoms with Crippen molar-refractivity contribution in [1.29, 1.82) is 0 Å². The van der Waals surface area contributed by atoms with E-state index in [9.17, 15) is 14.0 Å². The lowest BCUT2D eigenvalue weighted by atomic mass is 9.99. The van der Waals surface area contributed by atoms with Gasteiger partial charge in [-0.3, -0.25) is 4.79 Å². The summed E-state index contributed by atoms with van der Waals surface area (Å²) in [4.78, 5) is 27.1. The topological polar surface area (TPSA) is 106 Å². The molecule has 1 saturated heterocycles. The third-order valence-corrected chi connectivity index (χ3v) is 6.51. The Bertz CT molecular complexity index is 1170. The molecule has 0 bridgehead atoms. The predicted molar refractivity (Wildman–Crippen MR) is 126 cm³/mol. The summed E-state index contributed by atoms with van der Waals surface area (Å²) >= 11 is 1.20. The number of ether oxygens (including phenoxy) is 2. The lowest BCUT2D eigenvalue weighted by molar-refractivity contribution is 0.102. The maximum absolute atomic E-state index is 13.1. The zero-order valence-corrected chi connectivity index (χ0v) is 19.5. The molecule has 34 heavy (non-hydrogen) atoms. The molecule has 178 valence electrons. The number of carbonyl (C=O) groups excluding carboxylic acids is 2. The number of halogens is 1. The molecule has 0 saturated carbocycles. The number of likely N-dealkylation sites (tertiary alicyclic amines) is 1. The lowest BCUT2D eigenvalue weighted by Crippen LogP contribution is -2.41. The lowest BCUT2D eigenvalue weighted by Gasteiger charge is -2.31. The first-order valence-corrected chi connectivity index (χ1v) is 11.5. The molecule has 9 nitrogen and oxygen atoms in total. The molecule has 0 aliphatic carbocycles. The minimum atomic E-state index is -0.408. The first-order valence-electron chi connectivity index (χ1n) is 10.6. The number of urea groups is 1. The van der Waals surface area contributed by atoms with Crippen LogP contribution in [0.4, 0.5) is 20.6 Å². The average molecular weight is 486 g/mol. The molecule has 11 heteroatoms. The maximum Gasteiger partial charge on any atom is 0.321 e. The van der Waals surface area contributed by atoms with Crippen LogP contribution in [-0.2, 0) is 0 Å². The fourth-order valence-corrected chi connectivity index (χ4v) is 4.55. The molecule has 1 atom stereocenters. The fraction of sp³-hybridized carbons (Fsp3) is 0.304. The molecule has 1 aromatic heterocycles. The van der Waals surface area contributed by atoms with Gasteiger partial charge in [0.25, 0.3) is 5.91 Å². The van der Waals surface area contributed by atoms with E-state index in [0.717, 1.165) is 12.8 Å². The van der Waals surface area contributed by atoms with Crippen LogP contribution in [0.5, 0.6) is 11.5 Å². The van der Waals surface area contributed by atoms with Gasteiger partial charge in [-0.25, -0.2) is 9.18 Å². The number of amides is 3. The molecular weight excluding hydrogens is 461 g/mol.